The molecule has 3 rings (SSSR count). The molecule has 1 heterocycles. The fraction of sp³-hybridized carbons (Fsp3) is 0.130. The van der Waals surface area contributed by atoms with Crippen molar-refractivity contribution in [3.63, 3.8) is 0 Å². The van der Waals surface area contributed by atoms with Crippen LogP contribution >= 0.6 is 0 Å². The summed E-state index contributed by atoms with van der Waals surface area (Å²) in [6.07, 6.45) is 1.79. The zero-order valence-electron chi connectivity index (χ0n) is 15.9. The van der Waals surface area contributed by atoms with Gasteiger partial charge >= 0.3 is 0 Å². The molecule has 140 valence electrons. The number of rotatable bonds is 5. The van der Waals surface area contributed by atoms with E-state index in [1.807, 2.05) is 54.6 Å². The molecule has 28 heavy (non-hydrogen) atoms. The molecule has 0 atom stereocenters. The third-order valence-corrected chi connectivity index (χ3v) is 4.48. The predicted molar refractivity (Wildman–Crippen MR) is 109 cm³/mol. The monoisotopic (exact) mass is 372 g/mol. The molecule has 0 aliphatic rings. The van der Waals surface area contributed by atoms with Crippen LogP contribution in [0.3, 0.4) is 0 Å². The van der Waals surface area contributed by atoms with Crippen LogP contribution in [0.4, 0.5) is 5.88 Å². The second-order valence-electron chi connectivity index (χ2n) is 6.25. The van der Waals surface area contributed by atoms with Gasteiger partial charge in [-0.2, -0.15) is 5.26 Å². The Bertz CT molecular complexity index is 1060. The zero-order valence-corrected chi connectivity index (χ0v) is 15.9. The van der Waals surface area contributed by atoms with Crippen LogP contribution in [0.5, 0.6) is 5.75 Å². The number of nitrogens with zero attached hydrogens (tertiary/aromatic N) is 1. The lowest BCUT2D eigenvalue weighted by Crippen LogP contribution is -2.14. The number of anilines is 1. The van der Waals surface area contributed by atoms with Crippen molar-refractivity contribution in [2.75, 3.05) is 12.4 Å². The number of aryl methyl sites for hydroxylation is 1. The van der Waals surface area contributed by atoms with Gasteiger partial charge in [-0.3, -0.25) is 10.1 Å². The lowest BCUT2D eigenvalue weighted by atomic mass is 10.0. The minimum absolute atomic E-state index is 0.166. The van der Waals surface area contributed by atoms with Gasteiger partial charge in [-0.25, -0.2) is 0 Å². The molecule has 0 saturated carbocycles. The van der Waals surface area contributed by atoms with Crippen molar-refractivity contribution in [3.05, 3.63) is 82.6 Å². The highest BCUT2D eigenvalue weighted by Gasteiger charge is 2.19. The van der Waals surface area contributed by atoms with Crippen LogP contribution in [0.2, 0.25) is 0 Å². The molecule has 5 nitrogen and oxygen atoms in total. The van der Waals surface area contributed by atoms with Crippen molar-refractivity contribution in [2.45, 2.75) is 13.8 Å². The van der Waals surface area contributed by atoms with Gasteiger partial charge < -0.3 is 9.15 Å². The minimum Gasteiger partial charge on any atom is -0.497 e. The van der Waals surface area contributed by atoms with E-state index in [2.05, 4.69) is 11.4 Å². The van der Waals surface area contributed by atoms with Gasteiger partial charge in [-0.15, -0.1) is 0 Å². The van der Waals surface area contributed by atoms with E-state index in [0.29, 0.717) is 16.9 Å². The molecule has 1 N–H and O–H groups in total. The second kappa shape index (κ2) is 8.28. The van der Waals surface area contributed by atoms with E-state index in [1.165, 1.54) is 0 Å². The topological polar surface area (TPSA) is 75.3 Å². The first kappa shape index (κ1) is 19.0. The molecule has 5 heteroatoms. The Labute approximate surface area is 163 Å². The molecule has 0 aliphatic carbocycles. The molecule has 0 spiro atoms. The molecule has 3 aromatic rings. The number of hydrogen-bond donors (Lipinski definition) is 1. The molecular weight excluding hydrogens is 352 g/mol. The molecule has 1 amide bonds. The number of carbonyl (C=O) groups is 1. The van der Waals surface area contributed by atoms with E-state index in [4.69, 9.17) is 9.15 Å². The number of furan rings is 1. The maximum Gasteiger partial charge on any atom is 0.258 e. The van der Waals surface area contributed by atoms with Crippen LogP contribution in [0, 0.1) is 25.2 Å². The predicted octanol–water partition coefficient (Wildman–Crippen LogP) is 4.96. The first-order chi connectivity index (χ1) is 13.5. The minimum atomic E-state index is -0.354. The van der Waals surface area contributed by atoms with Crippen molar-refractivity contribution in [1.82, 2.24) is 0 Å². The molecule has 0 unspecified atom stereocenters. The Balaban J connectivity index is 1.99. The Morgan fingerprint density at radius 1 is 1.11 bits per heavy atom. The van der Waals surface area contributed by atoms with Gasteiger partial charge in [0.05, 0.1) is 7.11 Å². The molecule has 0 fully saturated rings. The number of carbonyl (C=O) groups excluding carboxylic acids is 1. The van der Waals surface area contributed by atoms with E-state index in [1.54, 1.807) is 27.0 Å². The van der Waals surface area contributed by atoms with Crippen molar-refractivity contribution in [1.29, 1.82) is 5.26 Å². The molecule has 2 aromatic carbocycles. The Hall–Kier alpha value is -3.78. The first-order valence-electron chi connectivity index (χ1n) is 8.76. The smallest absolute Gasteiger partial charge is 0.258 e. The zero-order chi connectivity index (χ0) is 20.1. The fourth-order valence-electron chi connectivity index (χ4n) is 2.78. The van der Waals surface area contributed by atoms with Gasteiger partial charge in [0.15, 0.2) is 0 Å². The lowest BCUT2D eigenvalue weighted by Gasteiger charge is -2.09. The molecule has 1 aromatic heterocycles. The second-order valence-corrected chi connectivity index (χ2v) is 6.25. The summed E-state index contributed by atoms with van der Waals surface area (Å²) in [4.78, 5) is 13.1. The standard InChI is InChI=1S/C23H20N2O3/c1-15-16(2)28-23(21(15)14-24)25-22(26)20(18-7-5-4-6-8-18)13-17-9-11-19(27-3)12-10-17/h4-13H,1-3H3,(H,25,26)/b20-13+. The third-order valence-electron chi connectivity index (χ3n) is 4.48. The maximum atomic E-state index is 13.1. The van der Waals surface area contributed by atoms with Gasteiger partial charge in [-0.1, -0.05) is 42.5 Å². The van der Waals surface area contributed by atoms with E-state index in [9.17, 15) is 10.1 Å². The van der Waals surface area contributed by atoms with Crippen LogP contribution in [0.15, 0.2) is 59.0 Å². The number of benzene rings is 2. The van der Waals surface area contributed by atoms with Gasteiger partial charge in [-0.05, 0) is 43.2 Å². The van der Waals surface area contributed by atoms with E-state index in [-0.39, 0.29) is 11.8 Å². The van der Waals surface area contributed by atoms with Gasteiger partial charge in [0, 0.05) is 11.1 Å². The van der Waals surface area contributed by atoms with Crippen LogP contribution in [-0.2, 0) is 4.79 Å². The van der Waals surface area contributed by atoms with Crippen molar-refractivity contribution in [2.24, 2.45) is 0 Å². The summed E-state index contributed by atoms with van der Waals surface area (Å²) >= 11 is 0. The third kappa shape index (κ3) is 3.97. The number of nitrogens with one attached hydrogen (secondary N) is 1. The maximum absolute atomic E-state index is 13.1. The van der Waals surface area contributed by atoms with Gasteiger partial charge in [0.2, 0.25) is 5.88 Å². The summed E-state index contributed by atoms with van der Waals surface area (Å²) in [5.74, 6) is 1.15. The highest BCUT2D eigenvalue weighted by atomic mass is 16.5. The van der Waals surface area contributed by atoms with Crippen molar-refractivity contribution < 1.29 is 13.9 Å². The van der Waals surface area contributed by atoms with Crippen LogP contribution in [0.25, 0.3) is 11.6 Å². The lowest BCUT2D eigenvalue weighted by molar-refractivity contribution is -0.111. The van der Waals surface area contributed by atoms with E-state index < -0.39 is 0 Å². The van der Waals surface area contributed by atoms with Crippen LogP contribution in [-0.4, -0.2) is 13.0 Å². The summed E-state index contributed by atoms with van der Waals surface area (Å²) in [6.45, 7) is 3.55. The van der Waals surface area contributed by atoms with E-state index in [0.717, 1.165) is 22.4 Å². The van der Waals surface area contributed by atoms with Crippen molar-refractivity contribution >= 4 is 23.4 Å². The largest absolute Gasteiger partial charge is 0.497 e. The summed E-state index contributed by atoms with van der Waals surface area (Å²) in [7, 11) is 1.60. The molecule has 0 saturated heterocycles. The van der Waals surface area contributed by atoms with Gasteiger partial charge in [0.1, 0.15) is 23.1 Å². The van der Waals surface area contributed by atoms with Crippen LogP contribution in [0.1, 0.15) is 28.0 Å². The fourth-order valence-corrected chi connectivity index (χ4v) is 2.78. The summed E-state index contributed by atoms with van der Waals surface area (Å²) in [5, 5.41) is 12.1. The summed E-state index contributed by atoms with van der Waals surface area (Å²) in [5.41, 5.74) is 3.12. The molecule has 0 aliphatic heterocycles. The van der Waals surface area contributed by atoms with Crippen LogP contribution < -0.4 is 10.1 Å². The summed E-state index contributed by atoms with van der Waals surface area (Å²) in [6, 6.07) is 18.8. The highest BCUT2D eigenvalue weighted by molar-refractivity contribution is 6.29. The quantitative estimate of drug-likeness (QED) is 0.507. The molecule has 0 radical (unpaired) electrons. The normalized spacial score (nSPS) is 11.0. The average molecular weight is 372 g/mol. The number of methoxy groups -OCH3 is 1. The van der Waals surface area contributed by atoms with Crippen molar-refractivity contribution in [3.8, 4) is 11.8 Å². The number of hydrogen-bond acceptors (Lipinski definition) is 4. The molecular formula is C23H20N2O3. The Kier molecular flexibility index (Phi) is 5.61. The first-order valence-corrected chi connectivity index (χ1v) is 8.76. The molecule has 0 bridgehead atoms. The summed E-state index contributed by atoms with van der Waals surface area (Å²) < 4.78 is 10.8. The Morgan fingerprint density at radius 3 is 2.39 bits per heavy atom. The Morgan fingerprint density at radius 2 is 1.79 bits per heavy atom. The van der Waals surface area contributed by atoms with Gasteiger partial charge in [0.25, 0.3) is 5.91 Å². The highest BCUT2D eigenvalue weighted by Crippen LogP contribution is 2.27. The SMILES string of the molecule is COc1ccc(/C=C(/C(=O)Nc2oc(C)c(C)c2C#N)c2ccccc2)cc1. The average Bonchev–Trinajstić information content (AvgIpc) is 2.99. The van der Waals surface area contributed by atoms with E-state index >= 15 is 0 Å². The number of nitriles is 1. The number of amides is 1. The number of ether oxygens (including phenoxy) is 1.